The molecule has 3 heterocycles. The van der Waals surface area contributed by atoms with E-state index in [2.05, 4.69) is 29.9 Å². The van der Waals surface area contributed by atoms with Crippen molar-refractivity contribution in [2.75, 3.05) is 50.6 Å². The highest BCUT2D eigenvalue weighted by Gasteiger charge is 2.24. The van der Waals surface area contributed by atoms with Gasteiger partial charge < -0.3 is 34.3 Å². The Bertz CT molecular complexity index is 2090. The van der Waals surface area contributed by atoms with Gasteiger partial charge in [-0.15, -0.1) is 0 Å². The third-order valence-corrected chi connectivity index (χ3v) is 9.43. The molecule has 250 valence electrons. The number of carbonyl (C=O) groups is 1. The van der Waals surface area contributed by atoms with Crippen LogP contribution in [0.25, 0.3) is 21.9 Å². The normalized spacial score (nSPS) is 13.5. The summed E-state index contributed by atoms with van der Waals surface area (Å²) >= 11 is 5.65. The molecule has 6 rings (SSSR count). The van der Waals surface area contributed by atoms with Crippen LogP contribution >= 0.6 is 12.2 Å². The monoisotopic (exact) mass is 697 g/mol. The van der Waals surface area contributed by atoms with Gasteiger partial charge in [0.05, 0.1) is 30.0 Å². The largest absolute Gasteiger partial charge is 0.493 e. The highest BCUT2D eigenvalue weighted by Crippen LogP contribution is 2.38. The summed E-state index contributed by atoms with van der Waals surface area (Å²) in [6.45, 7) is -0.554. The summed E-state index contributed by atoms with van der Waals surface area (Å²) in [5.41, 5.74) is 2.06. The van der Waals surface area contributed by atoms with Crippen molar-refractivity contribution in [1.29, 1.82) is 0 Å². The van der Waals surface area contributed by atoms with Crippen LogP contribution in [-0.2, 0) is 10.0 Å². The number of carbonyl (C=O) groups excluding carboxylic acids is 1. The van der Waals surface area contributed by atoms with Crippen LogP contribution in [0.15, 0.2) is 71.9 Å². The molecular weight excluding hydrogens is 669 g/mol. The van der Waals surface area contributed by atoms with Gasteiger partial charge in [-0.1, -0.05) is 0 Å². The number of anilines is 2. The Hall–Kier alpha value is -5.29. The summed E-state index contributed by atoms with van der Waals surface area (Å²) in [7, 11) is -1.05. The number of H-pyrrole nitrogens is 1. The van der Waals surface area contributed by atoms with Crippen LogP contribution in [0, 0.1) is 0 Å². The first kappa shape index (κ1) is 32.6. The Morgan fingerprint density at radius 1 is 0.958 bits per heavy atom. The van der Waals surface area contributed by atoms with Gasteiger partial charge in [-0.05, 0) is 66.8 Å². The Kier molecular flexibility index (Phi) is 9.14. The molecule has 48 heavy (non-hydrogen) atoms. The fraction of sp³-hybridized carbons (Fsp3) is 0.226. The summed E-state index contributed by atoms with van der Waals surface area (Å²) in [5, 5.41) is 5.40. The van der Waals surface area contributed by atoms with Crippen LogP contribution < -0.4 is 29.1 Å². The number of benzene rings is 3. The van der Waals surface area contributed by atoms with Crippen LogP contribution in [0.2, 0.25) is 0 Å². The highest BCUT2D eigenvalue weighted by molar-refractivity contribution is 7.90. The van der Waals surface area contributed by atoms with Gasteiger partial charge >= 0.3 is 6.61 Å². The molecule has 1 fully saturated rings. The summed E-state index contributed by atoms with van der Waals surface area (Å²) in [6, 6.07) is 14.2. The Balaban J connectivity index is 1.07. The first-order valence-electron chi connectivity index (χ1n) is 14.5. The second kappa shape index (κ2) is 13.4. The number of hydrogen-bond acceptors (Lipinski definition) is 10. The zero-order valence-corrected chi connectivity index (χ0v) is 27.2. The SMILES string of the molecule is COc1cc2[nH]c3ncnc(N4CCN(C(=S)Nc5ccc(S(=O)(=O)NC(=O)c6ccc(OC(F)F)cc6)cc5)CC4)c3c2cc1OC. The predicted molar refractivity (Wildman–Crippen MR) is 179 cm³/mol. The molecule has 0 spiro atoms. The van der Waals surface area contributed by atoms with Gasteiger partial charge in [0, 0.05) is 48.9 Å². The predicted octanol–water partition coefficient (Wildman–Crippen LogP) is 4.37. The van der Waals surface area contributed by atoms with Crippen molar-refractivity contribution in [3.8, 4) is 17.2 Å². The number of hydrogen-bond donors (Lipinski definition) is 3. The van der Waals surface area contributed by atoms with E-state index in [0.717, 1.165) is 34.2 Å². The minimum atomic E-state index is -4.22. The van der Waals surface area contributed by atoms with Gasteiger partial charge in [0.25, 0.3) is 15.9 Å². The molecule has 0 saturated carbocycles. The lowest BCUT2D eigenvalue weighted by Crippen LogP contribution is -2.50. The summed E-state index contributed by atoms with van der Waals surface area (Å²) in [5.74, 6) is 0.916. The second-order valence-electron chi connectivity index (χ2n) is 10.6. The van der Waals surface area contributed by atoms with E-state index < -0.39 is 22.5 Å². The van der Waals surface area contributed by atoms with Crippen LogP contribution in [0.1, 0.15) is 10.4 Å². The number of amides is 1. The van der Waals surface area contributed by atoms with E-state index in [-0.39, 0.29) is 16.2 Å². The number of sulfonamides is 1. The fourth-order valence-electron chi connectivity index (χ4n) is 5.34. The van der Waals surface area contributed by atoms with Gasteiger partial charge in [-0.3, -0.25) is 4.79 Å². The molecule has 3 aromatic carbocycles. The fourth-order valence-corrected chi connectivity index (χ4v) is 6.62. The second-order valence-corrected chi connectivity index (χ2v) is 12.6. The van der Waals surface area contributed by atoms with Crippen LogP contribution in [-0.4, -0.2) is 86.3 Å². The minimum Gasteiger partial charge on any atom is -0.493 e. The number of nitrogens with zero attached hydrogens (tertiary/aromatic N) is 4. The number of ether oxygens (including phenoxy) is 3. The molecule has 1 aliphatic rings. The number of thiocarbonyl (C=S) groups is 1. The van der Waals surface area contributed by atoms with E-state index in [9.17, 15) is 22.0 Å². The molecule has 5 aromatic rings. The van der Waals surface area contributed by atoms with Crippen molar-refractivity contribution in [3.05, 3.63) is 72.6 Å². The zero-order valence-electron chi connectivity index (χ0n) is 25.6. The van der Waals surface area contributed by atoms with Crippen molar-refractivity contribution in [3.63, 3.8) is 0 Å². The number of alkyl halides is 2. The minimum absolute atomic E-state index is 0.0459. The lowest BCUT2D eigenvalue weighted by molar-refractivity contribution is -0.0498. The lowest BCUT2D eigenvalue weighted by atomic mass is 10.1. The Labute approximate surface area is 278 Å². The number of halogens is 2. The first-order chi connectivity index (χ1) is 23.1. The number of rotatable bonds is 9. The van der Waals surface area contributed by atoms with Crippen molar-refractivity contribution >= 4 is 66.7 Å². The maximum atomic E-state index is 12.8. The van der Waals surface area contributed by atoms with Crippen molar-refractivity contribution in [2.24, 2.45) is 0 Å². The molecular formula is C31H29F2N7O6S2. The molecule has 2 aromatic heterocycles. The lowest BCUT2D eigenvalue weighted by Gasteiger charge is -2.37. The highest BCUT2D eigenvalue weighted by atomic mass is 32.2. The molecule has 1 aliphatic heterocycles. The van der Waals surface area contributed by atoms with E-state index in [0.29, 0.717) is 54.1 Å². The van der Waals surface area contributed by atoms with Crippen molar-refractivity contribution in [2.45, 2.75) is 11.5 Å². The van der Waals surface area contributed by atoms with Gasteiger partial charge in [-0.2, -0.15) is 8.78 Å². The van der Waals surface area contributed by atoms with Crippen molar-refractivity contribution in [1.82, 2.24) is 24.6 Å². The molecule has 17 heteroatoms. The first-order valence-corrected chi connectivity index (χ1v) is 16.4. The quantitative estimate of drug-likeness (QED) is 0.188. The van der Waals surface area contributed by atoms with E-state index in [1.807, 2.05) is 21.8 Å². The third kappa shape index (κ3) is 6.72. The van der Waals surface area contributed by atoms with Gasteiger partial charge in [0.2, 0.25) is 0 Å². The van der Waals surface area contributed by atoms with Gasteiger partial charge in [0.1, 0.15) is 23.5 Å². The number of aromatic nitrogens is 3. The zero-order chi connectivity index (χ0) is 34.0. The Morgan fingerprint density at radius 2 is 1.62 bits per heavy atom. The van der Waals surface area contributed by atoms with Crippen LogP contribution in [0.5, 0.6) is 17.2 Å². The number of fused-ring (bicyclic) bond motifs is 3. The molecule has 1 amide bonds. The Morgan fingerprint density at radius 3 is 2.27 bits per heavy atom. The summed E-state index contributed by atoms with van der Waals surface area (Å²) in [4.78, 5) is 28.9. The molecule has 0 radical (unpaired) electrons. The van der Waals surface area contributed by atoms with E-state index >= 15 is 0 Å². The van der Waals surface area contributed by atoms with E-state index in [4.69, 9.17) is 21.7 Å². The molecule has 0 aliphatic carbocycles. The average molecular weight is 698 g/mol. The number of piperazine rings is 1. The summed E-state index contributed by atoms with van der Waals surface area (Å²) in [6.07, 6.45) is 1.53. The molecule has 13 nitrogen and oxygen atoms in total. The molecule has 3 N–H and O–H groups in total. The number of methoxy groups -OCH3 is 2. The maximum absolute atomic E-state index is 12.8. The van der Waals surface area contributed by atoms with Gasteiger partial charge in [-0.25, -0.2) is 23.1 Å². The van der Waals surface area contributed by atoms with Crippen LogP contribution in [0.3, 0.4) is 0 Å². The smallest absolute Gasteiger partial charge is 0.387 e. The molecule has 0 atom stereocenters. The third-order valence-electron chi connectivity index (χ3n) is 7.72. The molecule has 1 saturated heterocycles. The van der Waals surface area contributed by atoms with Crippen LogP contribution in [0.4, 0.5) is 20.3 Å². The maximum Gasteiger partial charge on any atom is 0.387 e. The molecule has 0 unspecified atom stereocenters. The summed E-state index contributed by atoms with van der Waals surface area (Å²) < 4.78 is 67.5. The topological polar surface area (TPSA) is 151 Å². The van der Waals surface area contributed by atoms with E-state index in [1.165, 1.54) is 42.7 Å². The standard InChI is InChI=1S/C31H29F2N7O6S2/c1-44-24-15-22-23(16-25(24)45-2)37-27-26(22)28(35-17-34-27)39-11-13-40(14-12-39)31(47)36-19-5-9-21(10-6-19)48(42,43)38-29(41)18-3-7-20(8-4-18)46-30(32)33/h3-10,15-17,30H,11-14H2,1-2H3,(H,36,47)(H,38,41)(H,34,35,37). The average Bonchev–Trinajstić information content (AvgIpc) is 3.45. The van der Waals surface area contributed by atoms with E-state index in [1.54, 1.807) is 14.2 Å². The number of nitrogens with one attached hydrogen (secondary N) is 3. The number of aromatic amines is 1. The molecule has 0 bridgehead atoms. The van der Waals surface area contributed by atoms with Crippen molar-refractivity contribution < 1.29 is 36.2 Å². The van der Waals surface area contributed by atoms with Gasteiger partial charge in [0.15, 0.2) is 16.6 Å².